The zero-order valence-corrected chi connectivity index (χ0v) is 16.4. The van der Waals surface area contributed by atoms with E-state index in [1.54, 1.807) is 19.2 Å². The molecule has 0 atom stereocenters. The molecule has 1 heterocycles. The predicted octanol–water partition coefficient (Wildman–Crippen LogP) is 5.72. The third-order valence-electron chi connectivity index (χ3n) is 4.76. The van der Waals surface area contributed by atoms with Gasteiger partial charge in [-0.1, -0.05) is 23.7 Å². The molecule has 4 nitrogen and oxygen atoms in total. The van der Waals surface area contributed by atoms with Gasteiger partial charge in [-0.2, -0.15) is 5.10 Å². The monoisotopic (exact) mass is 396 g/mol. The van der Waals surface area contributed by atoms with Crippen LogP contribution in [0.25, 0.3) is 33.3 Å². The van der Waals surface area contributed by atoms with Crippen molar-refractivity contribution in [3.8, 4) is 33.9 Å². The Morgan fingerprint density at radius 3 is 2.25 bits per heavy atom. The maximum Gasteiger partial charge on any atom is 0.165 e. The molecular weight excluding hydrogens is 379 g/mol. The lowest BCUT2D eigenvalue weighted by Gasteiger charge is -2.07. The molecule has 4 aromatic rings. The fourth-order valence-electron chi connectivity index (χ4n) is 3.30. The fraction of sp³-hybridized carbons (Fsp3) is 0.136. The first-order valence-electron chi connectivity index (χ1n) is 8.66. The third kappa shape index (κ3) is 3.08. The lowest BCUT2D eigenvalue weighted by molar-refractivity contribution is 0.387. The average Bonchev–Trinajstić information content (AvgIpc) is 3.04. The maximum absolute atomic E-state index is 13.8. The predicted molar refractivity (Wildman–Crippen MR) is 110 cm³/mol. The SMILES string of the molecule is COc1cc(-c2nn(C)c3cc(-c4ccc(OC)c(Cl)c4)ccc23)ccc1F. The molecule has 3 aromatic carbocycles. The Bertz CT molecular complexity index is 1190. The molecule has 0 radical (unpaired) electrons. The number of methoxy groups -OCH3 is 2. The van der Waals surface area contributed by atoms with Gasteiger partial charge in [-0.05, 0) is 53.6 Å². The molecule has 6 heteroatoms. The normalized spacial score (nSPS) is 11.0. The lowest BCUT2D eigenvalue weighted by atomic mass is 10.0. The zero-order chi connectivity index (χ0) is 19.8. The van der Waals surface area contributed by atoms with Crippen LogP contribution in [0.4, 0.5) is 4.39 Å². The van der Waals surface area contributed by atoms with Gasteiger partial charge < -0.3 is 9.47 Å². The summed E-state index contributed by atoms with van der Waals surface area (Å²) >= 11 is 6.27. The standard InChI is InChI=1S/C22H18ClFN2O2/c1-26-19-11-14(13-6-9-20(27-2)17(23)10-13)4-7-16(19)22(25-26)15-5-8-18(24)21(12-15)28-3/h4-12H,1-3H3. The molecule has 0 spiro atoms. The van der Waals surface area contributed by atoms with Crippen molar-refractivity contribution in [1.29, 1.82) is 0 Å². The van der Waals surface area contributed by atoms with E-state index in [1.807, 2.05) is 42.1 Å². The summed E-state index contributed by atoms with van der Waals surface area (Å²) in [6, 6.07) is 16.5. The quantitative estimate of drug-likeness (QED) is 0.443. The first kappa shape index (κ1) is 18.3. The van der Waals surface area contributed by atoms with Crippen LogP contribution in [0, 0.1) is 5.82 Å². The molecule has 142 valence electrons. The molecule has 0 aliphatic heterocycles. The van der Waals surface area contributed by atoms with Crippen LogP contribution < -0.4 is 9.47 Å². The number of benzene rings is 3. The Morgan fingerprint density at radius 1 is 0.857 bits per heavy atom. The van der Waals surface area contributed by atoms with Gasteiger partial charge in [0.2, 0.25) is 0 Å². The van der Waals surface area contributed by atoms with Crippen molar-refractivity contribution in [1.82, 2.24) is 9.78 Å². The summed E-state index contributed by atoms with van der Waals surface area (Å²) in [5.41, 5.74) is 4.53. The van der Waals surface area contributed by atoms with Gasteiger partial charge in [0.1, 0.15) is 11.4 Å². The summed E-state index contributed by atoms with van der Waals surface area (Å²) in [6.07, 6.45) is 0. The molecule has 0 saturated heterocycles. The van der Waals surface area contributed by atoms with Crippen molar-refractivity contribution in [2.45, 2.75) is 0 Å². The summed E-state index contributed by atoms with van der Waals surface area (Å²) in [4.78, 5) is 0. The minimum atomic E-state index is -0.398. The number of rotatable bonds is 4. The van der Waals surface area contributed by atoms with Crippen LogP contribution >= 0.6 is 11.6 Å². The summed E-state index contributed by atoms with van der Waals surface area (Å²) in [5.74, 6) is 0.436. The van der Waals surface area contributed by atoms with Gasteiger partial charge in [-0.3, -0.25) is 4.68 Å². The number of aryl methyl sites for hydroxylation is 1. The number of ether oxygens (including phenoxy) is 2. The minimum absolute atomic E-state index is 0.195. The van der Waals surface area contributed by atoms with Crippen molar-refractivity contribution in [2.75, 3.05) is 14.2 Å². The highest BCUT2D eigenvalue weighted by atomic mass is 35.5. The average molecular weight is 397 g/mol. The Labute approximate surface area is 167 Å². The van der Waals surface area contributed by atoms with E-state index in [0.29, 0.717) is 10.8 Å². The van der Waals surface area contributed by atoms with E-state index < -0.39 is 5.82 Å². The molecule has 0 aliphatic carbocycles. The van der Waals surface area contributed by atoms with Crippen molar-refractivity contribution >= 4 is 22.5 Å². The fourth-order valence-corrected chi connectivity index (χ4v) is 3.56. The summed E-state index contributed by atoms with van der Waals surface area (Å²) < 4.78 is 25.9. The number of aromatic nitrogens is 2. The van der Waals surface area contributed by atoms with E-state index in [9.17, 15) is 4.39 Å². The van der Waals surface area contributed by atoms with Gasteiger partial charge in [-0.15, -0.1) is 0 Å². The van der Waals surface area contributed by atoms with Gasteiger partial charge in [0, 0.05) is 18.0 Å². The van der Waals surface area contributed by atoms with Gasteiger partial charge in [-0.25, -0.2) is 4.39 Å². The molecule has 0 amide bonds. The van der Waals surface area contributed by atoms with Crippen LogP contribution in [-0.2, 0) is 7.05 Å². The van der Waals surface area contributed by atoms with E-state index in [0.717, 1.165) is 33.3 Å². The first-order valence-corrected chi connectivity index (χ1v) is 9.04. The molecule has 0 unspecified atom stereocenters. The van der Waals surface area contributed by atoms with Crippen molar-refractivity contribution in [3.05, 3.63) is 65.4 Å². The molecular formula is C22H18ClFN2O2. The summed E-state index contributed by atoms with van der Waals surface area (Å²) in [6.45, 7) is 0. The number of nitrogens with zero attached hydrogens (tertiary/aromatic N) is 2. The number of fused-ring (bicyclic) bond motifs is 1. The first-order chi connectivity index (χ1) is 13.5. The van der Waals surface area contributed by atoms with Crippen LogP contribution in [-0.4, -0.2) is 24.0 Å². The molecule has 4 rings (SSSR count). The molecule has 1 aromatic heterocycles. The summed E-state index contributed by atoms with van der Waals surface area (Å²) in [7, 11) is 4.93. The smallest absolute Gasteiger partial charge is 0.165 e. The molecule has 0 fully saturated rings. The van der Waals surface area contributed by atoms with E-state index >= 15 is 0 Å². The van der Waals surface area contributed by atoms with Crippen LogP contribution in [0.5, 0.6) is 11.5 Å². The van der Waals surface area contributed by atoms with Crippen molar-refractivity contribution in [3.63, 3.8) is 0 Å². The Kier molecular flexibility index (Phi) is 4.69. The Morgan fingerprint density at radius 2 is 1.54 bits per heavy atom. The molecule has 0 aliphatic rings. The highest BCUT2D eigenvalue weighted by molar-refractivity contribution is 6.32. The zero-order valence-electron chi connectivity index (χ0n) is 15.7. The highest BCUT2D eigenvalue weighted by Crippen LogP contribution is 2.35. The number of hydrogen-bond donors (Lipinski definition) is 0. The Hall–Kier alpha value is -3.05. The lowest BCUT2D eigenvalue weighted by Crippen LogP contribution is -1.91. The van der Waals surface area contributed by atoms with Gasteiger partial charge in [0.25, 0.3) is 0 Å². The minimum Gasteiger partial charge on any atom is -0.495 e. The molecule has 0 bridgehead atoms. The van der Waals surface area contributed by atoms with Crippen LogP contribution in [0.3, 0.4) is 0 Å². The number of halogens is 2. The summed E-state index contributed by atoms with van der Waals surface area (Å²) in [5, 5.41) is 6.17. The highest BCUT2D eigenvalue weighted by Gasteiger charge is 2.14. The van der Waals surface area contributed by atoms with Gasteiger partial charge >= 0.3 is 0 Å². The van der Waals surface area contributed by atoms with Crippen LogP contribution in [0.1, 0.15) is 0 Å². The van der Waals surface area contributed by atoms with Gasteiger partial charge in [0.05, 0.1) is 24.8 Å². The van der Waals surface area contributed by atoms with Crippen molar-refractivity contribution < 1.29 is 13.9 Å². The van der Waals surface area contributed by atoms with Crippen molar-refractivity contribution in [2.24, 2.45) is 7.05 Å². The number of hydrogen-bond acceptors (Lipinski definition) is 3. The van der Waals surface area contributed by atoms with E-state index in [2.05, 4.69) is 11.2 Å². The maximum atomic E-state index is 13.8. The molecule has 0 N–H and O–H groups in total. The third-order valence-corrected chi connectivity index (χ3v) is 5.06. The van der Waals surface area contributed by atoms with Crippen LogP contribution in [0.15, 0.2) is 54.6 Å². The van der Waals surface area contributed by atoms with E-state index in [-0.39, 0.29) is 5.75 Å². The second kappa shape index (κ2) is 7.17. The van der Waals surface area contributed by atoms with Gasteiger partial charge in [0.15, 0.2) is 11.6 Å². The Balaban J connectivity index is 1.82. The molecule has 28 heavy (non-hydrogen) atoms. The van der Waals surface area contributed by atoms with E-state index in [4.69, 9.17) is 21.1 Å². The second-order valence-electron chi connectivity index (χ2n) is 6.40. The largest absolute Gasteiger partial charge is 0.495 e. The van der Waals surface area contributed by atoms with Crippen LogP contribution in [0.2, 0.25) is 5.02 Å². The second-order valence-corrected chi connectivity index (χ2v) is 6.81. The van der Waals surface area contributed by atoms with E-state index in [1.165, 1.54) is 13.2 Å². The molecule has 0 saturated carbocycles. The topological polar surface area (TPSA) is 36.3 Å².